The molecule has 0 saturated carbocycles. The van der Waals surface area contributed by atoms with Crippen molar-refractivity contribution >= 4 is 0 Å². The van der Waals surface area contributed by atoms with E-state index in [0.717, 1.165) is 6.42 Å². The summed E-state index contributed by atoms with van der Waals surface area (Å²) in [4.78, 5) is 4.07. The molecule has 0 aliphatic heterocycles. The van der Waals surface area contributed by atoms with Crippen LogP contribution in [0.15, 0.2) is 49.1 Å². The molecule has 0 aliphatic rings. The third-order valence-electron chi connectivity index (χ3n) is 2.62. The number of hydrogen-bond acceptors (Lipinski definition) is 2. The van der Waals surface area contributed by atoms with Gasteiger partial charge >= 0.3 is 0 Å². The minimum atomic E-state index is 0.315. The number of hydrogen-bond donors (Lipinski definition) is 0. The van der Waals surface area contributed by atoms with Crippen LogP contribution >= 0.6 is 0 Å². The molecule has 2 rings (SSSR count). The van der Waals surface area contributed by atoms with E-state index in [1.807, 2.05) is 18.6 Å². The lowest BCUT2D eigenvalue weighted by molar-refractivity contribution is 0.155. The normalized spacial score (nSPS) is 12.6. The Bertz CT molecular complexity index is 397. The van der Waals surface area contributed by atoms with Gasteiger partial charge < -0.3 is 9.30 Å². The van der Waals surface area contributed by atoms with Gasteiger partial charge in [-0.25, -0.2) is 4.98 Å². The van der Waals surface area contributed by atoms with Crippen molar-refractivity contribution in [3.63, 3.8) is 0 Å². The summed E-state index contributed by atoms with van der Waals surface area (Å²) in [6.45, 7) is 0.700. The first-order chi connectivity index (χ1) is 7.90. The first-order valence-corrected chi connectivity index (χ1v) is 5.40. The fourth-order valence-corrected chi connectivity index (χ4v) is 1.81. The van der Waals surface area contributed by atoms with Crippen molar-refractivity contribution in [2.24, 2.45) is 0 Å². The largest absolute Gasteiger partial charge is 0.383 e. The van der Waals surface area contributed by atoms with E-state index in [2.05, 4.69) is 33.8 Å². The molecule has 2 aromatic rings. The van der Waals surface area contributed by atoms with Crippen LogP contribution in [0.25, 0.3) is 0 Å². The lowest BCUT2D eigenvalue weighted by Gasteiger charge is -2.17. The van der Waals surface area contributed by atoms with Crippen molar-refractivity contribution in [2.75, 3.05) is 13.7 Å². The Morgan fingerprint density at radius 1 is 1.31 bits per heavy atom. The van der Waals surface area contributed by atoms with Gasteiger partial charge in [0.05, 0.1) is 19.0 Å². The number of rotatable bonds is 5. The third-order valence-corrected chi connectivity index (χ3v) is 2.62. The van der Waals surface area contributed by atoms with E-state index in [-0.39, 0.29) is 0 Å². The Morgan fingerprint density at radius 2 is 2.12 bits per heavy atom. The maximum absolute atomic E-state index is 5.25. The smallest absolute Gasteiger partial charge is 0.0949 e. The Kier molecular flexibility index (Phi) is 3.72. The molecule has 3 heteroatoms. The number of imidazole rings is 1. The van der Waals surface area contributed by atoms with Crippen LogP contribution < -0.4 is 0 Å². The van der Waals surface area contributed by atoms with E-state index in [4.69, 9.17) is 4.74 Å². The summed E-state index contributed by atoms with van der Waals surface area (Å²) in [5, 5.41) is 0. The van der Waals surface area contributed by atoms with Crippen molar-refractivity contribution in [1.29, 1.82) is 0 Å². The molecule has 3 nitrogen and oxygen atoms in total. The quantitative estimate of drug-likeness (QED) is 0.767. The monoisotopic (exact) mass is 216 g/mol. The molecule has 0 spiro atoms. The van der Waals surface area contributed by atoms with E-state index >= 15 is 0 Å². The number of aromatic nitrogens is 2. The van der Waals surface area contributed by atoms with Crippen LogP contribution in [0.3, 0.4) is 0 Å². The molecule has 0 bridgehead atoms. The highest BCUT2D eigenvalue weighted by Crippen LogP contribution is 2.14. The van der Waals surface area contributed by atoms with Crippen molar-refractivity contribution in [1.82, 2.24) is 9.55 Å². The van der Waals surface area contributed by atoms with Gasteiger partial charge in [0.25, 0.3) is 0 Å². The number of nitrogens with zero attached hydrogens (tertiary/aromatic N) is 2. The van der Waals surface area contributed by atoms with Crippen molar-refractivity contribution in [2.45, 2.75) is 12.5 Å². The summed E-state index contributed by atoms with van der Waals surface area (Å²) in [7, 11) is 1.73. The van der Waals surface area contributed by atoms with Crippen LogP contribution in [0, 0.1) is 0 Å². The van der Waals surface area contributed by atoms with Gasteiger partial charge in [-0.15, -0.1) is 0 Å². The molecule has 0 unspecified atom stereocenters. The molecule has 0 saturated heterocycles. The number of ether oxygens (including phenoxy) is 1. The molecule has 84 valence electrons. The molecule has 1 aromatic carbocycles. The summed E-state index contributed by atoms with van der Waals surface area (Å²) in [6, 6.07) is 10.8. The van der Waals surface area contributed by atoms with Gasteiger partial charge in [-0.2, -0.15) is 0 Å². The predicted octanol–water partition coefficient (Wildman–Crippen LogP) is 2.31. The highest BCUT2D eigenvalue weighted by atomic mass is 16.5. The van der Waals surface area contributed by atoms with Gasteiger partial charge in [0.15, 0.2) is 0 Å². The van der Waals surface area contributed by atoms with Crippen LogP contribution in [0.1, 0.15) is 11.6 Å². The van der Waals surface area contributed by atoms with Crippen LogP contribution in [-0.4, -0.2) is 23.3 Å². The van der Waals surface area contributed by atoms with E-state index in [9.17, 15) is 0 Å². The van der Waals surface area contributed by atoms with Crippen molar-refractivity contribution < 1.29 is 4.74 Å². The standard InChI is InChI=1S/C13H16N2O/c1-16-10-13(15-8-7-14-11-15)9-12-5-3-2-4-6-12/h2-8,11,13H,9-10H2,1H3/t13-/m1/s1. The summed E-state index contributed by atoms with van der Waals surface area (Å²) >= 11 is 0. The van der Waals surface area contributed by atoms with Gasteiger partial charge in [0.1, 0.15) is 0 Å². The van der Waals surface area contributed by atoms with Crippen LogP contribution in [0.5, 0.6) is 0 Å². The van der Waals surface area contributed by atoms with Gasteiger partial charge in [-0.05, 0) is 12.0 Å². The molecule has 16 heavy (non-hydrogen) atoms. The lowest BCUT2D eigenvalue weighted by atomic mass is 10.1. The zero-order chi connectivity index (χ0) is 11.2. The SMILES string of the molecule is COC[C@@H](Cc1ccccc1)n1ccnc1. The fraction of sp³-hybridized carbons (Fsp3) is 0.308. The second kappa shape index (κ2) is 5.47. The maximum Gasteiger partial charge on any atom is 0.0949 e. The highest BCUT2D eigenvalue weighted by molar-refractivity contribution is 5.15. The molecule has 0 amide bonds. The van der Waals surface area contributed by atoms with Gasteiger partial charge in [0.2, 0.25) is 0 Å². The Morgan fingerprint density at radius 3 is 2.75 bits per heavy atom. The number of benzene rings is 1. The van der Waals surface area contributed by atoms with Crippen molar-refractivity contribution in [3.05, 3.63) is 54.6 Å². The molecular formula is C13H16N2O. The minimum Gasteiger partial charge on any atom is -0.383 e. The first-order valence-electron chi connectivity index (χ1n) is 5.40. The minimum absolute atomic E-state index is 0.315. The first kappa shape index (κ1) is 10.9. The van der Waals surface area contributed by atoms with Gasteiger partial charge in [0, 0.05) is 19.5 Å². The molecule has 0 radical (unpaired) electrons. The summed E-state index contributed by atoms with van der Waals surface area (Å²) < 4.78 is 7.35. The number of methoxy groups -OCH3 is 1. The molecule has 1 aromatic heterocycles. The molecule has 0 fully saturated rings. The van der Waals surface area contributed by atoms with Gasteiger partial charge in [-0.3, -0.25) is 0 Å². The zero-order valence-corrected chi connectivity index (χ0v) is 9.41. The maximum atomic E-state index is 5.25. The Labute approximate surface area is 95.7 Å². The fourth-order valence-electron chi connectivity index (χ4n) is 1.81. The zero-order valence-electron chi connectivity index (χ0n) is 9.41. The average Bonchev–Trinajstić information content (AvgIpc) is 2.83. The predicted molar refractivity (Wildman–Crippen MR) is 63.3 cm³/mol. The second-order valence-electron chi connectivity index (χ2n) is 3.81. The van der Waals surface area contributed by atoms with Crippen LogP contribution in [0.2, 0.25) is 0 Å². The highest BCUT2D eigenvalue weighted by Gasteiger charge is 2.10. The average molecular weight is 216 g/mol. The van der Waals surface area contributed by atoms with E-state index in [0.29, 0.717) is 12.6 Å². The molecule has 1 atom stereocenters. The topological polar surface area (TPSA) is 27.1 Å². The summed E-state index contributed by atoms with van der Waals surface area (Å²) in [5.74, 6) is 0. The molecule has 0 N–H and O–H groups in total. The molecule has 0 aliphatic carbocycles. The third kappa shape index (κ3) is 2.70. The van der Waals surface area contributed by atoms with Crippen molar-refractivity contribution in [3.8, 4) is 0 Å². The van der Waals surface area contributed by atoms with Crippen LogP contribution in [-0.2, 0) is 11.2 Å². The van der Waals surface area contributed by atoms with E-state index in [1.165, 1.54) is 5.56 Å². The lowest BCUT2D eigenvalue weighted by Crippen LogP contribution is -2.15. The summed E-state index contributed by atoms with van der Waals surface area (Å²) in [5.41, 5.74) is 1.32. The summed E-state index contributed by atoms with van der Waals surface area (Å²) in [6.07, 6.45) is 6.58. The molecular weight excluding hydrogens is 200 g/mol. The van der Waals surface area contributed by atoms with Gasteiger partial charge in [-0.1, -0.05) is 30.3 Å². The van der Waals surface area contributed by atoms with E-state index < -0.39 is 0 Å². The Balaban J connectivity index is 2.09. The molecule has 1 heterocycles. The Hall–Kier alpha value is -1.61. The second-order valence-corrected chi connectivity index (χ2v) is 3.81. The van der Waals surface area contributed by atoms with Crippen LogP contribution in [0.4, 0.5) is 0 Å². The van der Waals surface area contributed by atoms with E-state index in [1.54, 1.807) is 13.3 Å².